The van der Waals surface area contributed by atoms with Crippen molar-refractivity contribution in [2.24, 2.45) is 5.34 Å². The standard InChI is InChI=1S/C3H6.HNO2/c1-2-3-1;2-1-3/h1-3H2;(H,2,3). The minimum absolute atomic E-state index is 1.25. The van der Waals surface area contributed by atoms with E-state index in [2.05, 4.69) is 0 Å². The monoisotopic (exact) mass is 89.0 g/mol. The summed E-state index contributed by atoms with van der Waals surface area (Å²) < 4.78 is 0. The molecule has 0 aromatic carbocycles. The summed E-state index contributed by atoms with van der Waals surface area (Å²) in [5.74, 6) is 0. The molecule has 0 amide bonds. The van der Waals surface area contributed by atoms with Crippen molar-refractivity contribution in [3.05, 3.63) is 4.91 Å². The summed E-state index contributed by atoms with van der Waals surface area (Å²) in [6.07, 6.45) is 4.50. The highest BCUT2D eigenvalue weighted by molar-refractivity contribution is 4.50. The van der Waals surface area contributed by atoms with Crippen LogP contribution in [0.3, 0.4) is 0 Å². The predicted molar refractivity (Wildman–Crippen MR) is 21.4 cm³/mol. The summed E-state index contributed by atoms with van der Waals surface area (Å²) in [7, 11) is 0. The van der Waals surface area contributed by atoms with Crippen molar-refractivity contribution in [2.45, 2.75) is 19.3 Å². The fraction of sp³-hybridized carbons (Fsp3) is 1.00. The molecule has 0 aromatic rings. The van der Waals surface area contributed by atoms with Crippen LogP contribution < -0.4 is 0 Å². The van der Waals surface area contributed by atoms with Crippen molar-refractivity contribution < 1.29 is 5.21 Å². The van der Waals surface area contributed by atoms with Gasteiger partial charge in [0.15, 0.2) is 5.34 Å². The summed E-state index contributed by atoms with van der Waals surface area (Å²) in [4.78, 5) is 8.11. The van der Waals surface area contributed by atoms with Gasteiger partial charge in [-0.15, -0.1) is 4.91 Å². The average Bonchev–Trinajstić information content (AvgIpc) is 2.11. The molecule has 3 nitrogen and oxygen atoms in total. The lowest BCUT2D eigenvalue weighted by atomic mass is 11.0. The molecule has 0 unspecified atom stereocenters. The highest BCUT2D eigenvalue weighted by Gasteiger charge is 1.95. The van der Waals surface area contributed by atoms with Crippen molar-refractivity contribution >= 4 is 0 Å². The first kappa shape index (κ1) is 5.40. The molecule has 0 aromatic heterocycles. The third-order valence-corrected chi connectivity index (χ3v) is 0.354. The van der Waals surface area contributed by atoms with Crippen LogP contribution in [0.4, 0.5) is 0 Å². The van der Waals surface area contributed by atoms with Gasteiger partial charge in [-0.25, -0.2) is 0 Å². The summed E-state index contributed by atoms with van der Waals surface area (Å²) in [6.45, 7) is 0. The van der Waals surface area contributed by atoms with Gasteiger partial charge in [0.1, 0.15) is 0 Å². The molecule has 0 aliphatic heterocycles. The van der Waals surface area contributed by atoms with E-state index in [4.69, 9.17) is 10.1 Å². The Morgan fingerprint density at radius 1 is 1.33 bits per heavy atom. The second kappa shape index (κ2) is 4.40. The van der Waals surface area contributed by atoms with Crippen molar-refractivity contribution in [2.75, 3.05) is 0 Å². The normalized spacial score (nSPS) is 14.0. The van der Waals surface area contributed by atoms with Crippen LogP contribution in [-0.4, -0.2) is 5.21 Å². The summed E-state index contributed by atoms with van der Waals surface area (Å²) >= 11 is 0. The first-order chi connectivity index (χ1) is 2.91. The van der Waals surface area contributed by atoms with Gasteiger partial charge in [-0.2, -0.15) is 0 Å². The first-order valence-electron chi connectivity index (χ1n) is 1.88. The van der Waals surface area contributed by atoms with Gasteiger partial charge in [0.25, 0.3) is 0 Å². The quantitative estimate of drug-likeness (QED) is 0.359. The third kappa shape index (κ3) is 122. The van der Waals surface area contributed by atoms with E-state index in [1.165, 1.54) is 24.6 Å². The lowest BCUT2D eigenvalue weighted by molar-refractivity contribution is 0.312. The molecule has 1 aliphatic rings. The molecule has 0 heterocycles. The van der Waals surface area contributed by atoms with E-state index in [9.17, 15) is 0 Å². The van der Waals surface area contributed by atoms with E-state index in [-0.39, 0.29) is 0 Å². The van der Waals surface area contributed by atoms with E-state index in [0.29, 0.717) is 0 Å². The van der Waals surface area contributed by atoms with Gasteiger partial charge in [-0.05, 0) is 0 Å². The van der Waals surface area contributed by atoms with Crippen LogP contribution in [0.25, 0.3) is 0 Å². The van der Waals surface area contributed by atoms with Gasteiger partial charge in [0.05, 0.1) is 0 Å². The SMILES string of the molecule is C1CC1.O=NO. The maximum Gasteiger partial charge on any atom is 0.152 e. The average molecular weight is 89.1 g/mol. The van der Waals surface area contributed by atoms with E-state index in [0.717, 1.165) is 0 Å². The Bertz CT molecular complexity index is 33.0. The second-order valence-electron chi connectivity index (χ2n) is 1.14. The van der Waals surface area contributed by atoms with E-state index >= 15 is 0 Å². The van der Waals surface area contributed by atoms with Crippen LogP contribution in [0, 0.1) is 4.91 Å². The van der Waals surface area contributed by atoms with Gasteiger partial charge >= 0.3 is 0 Å². The molecule has 1 fully saturated rings. The van der Waals surface area contributed by atoms with E-state index < -0.39 is 0 Å². The number of nitrogens with zero attached hydrogens (tertiary/aromatic N) is 1. The zero-order valence-electron chi connectivity index (χ0n) is 3.42. The highest BCUT2D eigenvalue weighted by atomic mass is 16.6. The third-order valence-electron chi connectivity index (χ3n) is 0.354. The lowest BCUT2D eigenvalue weighted by Crippen LogP contribution is -1.25. The molecule has 1 rings (SSSR count). The summed E-state index contributed by atoms with van der Waals surface area (Å²) in [5, 5.41) is 7.89. The minimum atomic E-state index is 1.25. The molecule has 1 aliphatic carbocycles. The number of hydrogen-bond acceptors (Lipinski definition) is 2. The van der Waals surface area contributed by atoms with Crippen molar-refractivity contribution in [1.82, 2.24) is 0 Å². The van der Waals surface area contributed by atoms with Crippen LogP contribution in [0.15, 0.2) is 5.34 Å². The highest BCUT2D eigenvalue weighted by Crippen LogP contribution is 2.14. The Morgan fingerprint density at radius 3 is 1.50 bits per heavy atom. The molecule has 0 atom stereocenters. The Kier molecular flexibility index (Phi) is 3.96. The molecule has 1 N–H and O–H groups in total. The number of hydrogen-bond donors (Lipinski definition) is 1. The molecule has 0 spiro atoms. The predicted octanol–water partition coefficient (Wildman–Crippen LogP) is 1.31. The van der Waals surface area contributed by atoms with Crippen molar-refractivity contribution in [3.63, 3.8) is 0 Å². The first-order valence-corrected chi connectivity index (χ1v) is 1.88. The lowest BCUT2D eigenvalue weighted by Gasteiger charge is -1.32. The number of rotatable bonds is 0. The molecule has 3 heteroatoms. The summed E-state index contributed by atoms with van der Waals surface area (Å²) in [6, 6.07) is 0. The molecule has 6 heavy (non-hydrogen) atoms. The van der Waals surface area contributed by atoms with Gasteiger partial charge in [0, 0.05) is 0 Å². The fourth-order valence-corrected chi connectivity index (χ4v) is 0. The van der Waals surface area contributed by atoms with Crippen molar-refractivity contribution in [1.29, 1.82) is 0 Å². The van der Waals surface area contributed by atoms with Crippen LogP contribution >= 0.6 is 0 Å². The fourth-order valence-electron chi connectivity index (χ4n) is 0. The molecule has 0 saturated heterocycles. The van der Waals surface area contributed by atoms with Gasteiger partial charge < -0.3 is 5.21 Å². The molecular weight excluding hydrogens is 82.0 g/mol. The molecular formula is C3H7NO2. The zero-order valence-corrected chi connectivity index (χ0v) is 3.42. The summed E-state index contributed by atoms with van der Waals surface area (Å²) in [5.41, 5.74) is 0. The Balaban J connectivity index is 0.0000000833. The second-order valence-corrected chi connectivity index (χ2v) is 1.14. The van der Waals surface area contributed by atoms with Crippen LogP contribution in [-0.2, 0) is 0 Å². The van der Waals surface area contributed by atoms with Crippen LogP contribution in [0.5, 0.6) is 0 Å². The van der Waals surface area contributed by atoms with Gasteiger partial charge in [-0.1, -0.05) is 19.3 Å². The Morgan fingerprint density at radius 2 is 1.50 bits per heavy atom. The van der Waals surface area contributed by atoms with Gasteiger partial charge in [-0.3, -0.25) is 0 Å². The van der Waals surface area contributed by atoms with Crippen LogP contribution in [0.1, 0.15) is 19.3 Å². The molecule has 0 radical (unpaired) electrons. The topological polar surface area (TPSA) is 49.7 Å². The maximum atomic E-state index is 8.11. The zero-order chi connectivity index (χ0) is 4.83. The smallest absolute Gasteiger partial charge is 0.152 e. The molecule has 36 valence electrons. The van der Waals surface area contributed by atoms with Crippen molar-refractivity contribution in [3.8, 4) is 0 Å². The van der Waals surface area contributed by atoms with E-state index in [1.807, 2.05) is 0 Å². The van der Waals surface area contributed by atoms with Gasteiger partial charge in [0.2, 0.25) is 0 Å². The molecule has 0 bridgehead atoms. The van der Waals surface area contributed by atoms with Crippen LogP contribution in [0.2, 0.25) is 0 Å². The molecule has 1 saturated carbocycles. The Hall–Kier alpha value is -0.600. The largest absolute Gasteiger partial charge is 0.379 e. The Labute approximate surface area is 35.9 Å². The minimum Gasteiger partial charge on any atom is -0.379 e. The maximum absolute atomic E-state index is 8.11. The van der Waals surface area contributed by atoms with E-state index in [1.54, 1.807) is 0 Å².